The maximum absolute atomic E-state index is 12.2. The molecule has 0 aliphatic carbocycles. The molecule has 26 heavy (non-hydrogen) atoms. The number of fused-ring (bicyclic) bond motifs is 1. The Morgan fingerprint density at radius 1 is 1.42 bits per heavy atom. The van der Waals surface area contributed by atoms with Gasteiger partial charge in [-0.1, -0.05) is 6.92 Å². The lowest BCUT2D eigenvalue weighted by Crippen LogP contribution is -2.40. The SMILES string of the molecule is CCc1cnc(CN(C(C)=O)C2CCN(c3ncnc4ccsc34)C2)o1. The van der Waals surface area contributed by atoms with Crippen molar-refractivity contribution in [2.45, 2.75) is 39.3 Å². The highest BCUT2D eigenvalue weighted by molar-refractivity contribution is 7.17. The van der Waals surface area contributed by atoms with Crippen LogP contribution in [0.25, 0.3) is 10.2 Å². The lowest BCUT2D eigenvalue weighted by Gasteiger charge is -2.27. The molecule has 1 atom stereocenters. The topological polar surface area (TPSA) is 75.4 Å². The van der Waals surface area contributed by atoms with Crippen molar-refractivity contribution in [3.05, 3.63) is 35.6 Å². The van der Waals surface area contributed by atoms with E-state index in [-0.39, 0.29) is 11.9 Å². The monoisotopic (exact) mass is 371 g/mol. The normalized spacial score (nSPS) is 17.2. The summed E-state index contributed by atoms with van der Waals surface area (Å²) in [6.07, 6.45) is 5.05. The Kier molecular flexibility index (Phi) is 4.58. The summed E-state index contributed by atoms with van der Waals surface area (Å²) in [6.45, 7) is 5.66. The van der Waals surface area contributed by atoms with Crippen LogP contribution in [0.15, 0.2) is 28.4 Å². The molecule has 8 heteroatoms. The molecule has 0 saturated carbocycles. The van der Waals surface area contributed by atoms with Crippen LogP contribution >= 0.6 is 11.3 Å². The fourth-order valence-corrected chi connectivity index (χ4v) is 4.28. The molecule has 0 radical (unpaired) electrons. The molecule has 4 rings (SSSR count). The number of aryl methyl sites for hydroxylation is 1. The summed E-state index contributed by atoms with van der Waals surface area (Å²) in [5.74, 6) is 2.44. The lowest BCUT2D eigenvalue weighted by molar-refractivity contribution is -0.131. The average molecular weight is 371 g/mol. The number of carbonyl (C=O) groups excluding carboxylic acids is 1. The van der Waals surface area contributed by atoms with Crippen LogP contribution in [0.5, 0.6) is 0 Å². The number of carbonyl (C=O) groups is 1. The molecule has 1 fully saturated rings. The minimum Gasteiger partial charge on any atom is -0.444 e. The van der Waals surface area contributed by atoms with Crippen molar-refractivity contribution in [1.82, 2.24) is 19.9 Å². The third-order valence-corrected chi connectivity index (χ3v) is 5.69. The molecule has 1 aliphatic heterocycles. The summed E-state index contributed by atoms with van der Waals surface area (Å²) >= 11 is 1.65. The molecular weight excluding hydrogens is 350 g/mol. The number of nitrogens with zero attached hydrogens (tertiary/aromatic N) is 5. The fraction of sp³-hybridized carbons (Fsp3) is 0.444. The van der Waals surface area contributed by atoms with Gasteiger partial charge in [-0.2, -0.15) is 0 Å². The molecule has 1 amide bonds. The number of aromatic nitrogens is 3. The van der Waals surface area contributed by atoms with E-state index in [0.29, 0.717) is 12.4 Å². The van der Waals surface area contributed by atoms with Gasteiger partial charge < -0.3 is 14.2 Å². The number of amides is 1. The van der Waals surface area contributed by atoms with Crippen molar-refractivity contribution in [2.24, 2.45) is 0 Å². The molecule has 3 aromatic rings. The zero-order chi connectivity index (χ0) is 18.1. The number of hydrogen-bond acceptors (Lipinski definition) is 7. The minimum atomic E-state index is 0.0389. The van der Waals surface area contributed by atoms with Crippen molar-refractivity contribution >= 4 is 33.3 Å². The predicted molar refractivity (Wildman–Crippen MR) is 100 cm³/mol. The minimum absolute atomic E-state index is 0.0389. The van der Waals surface area contributed by atoms with Gasteiger partial charge in [-0.15, -0.1) is 11.3 Å². The summed E-state index contributed by atoms with van der Waals surface area (Å²) in [5.41, 5.74) is 0.971. The zero-order valence-corrected chi connectivity index (χ0v) is 15.7. The van der Waals surface area contributed by atoms with Crippen molar-refractivity contribution in [3.8, 4) is 0 Å². The molecule has 1 aliphatic rings. The van der Waals surface area contributed by atoms with Crippen LogP contribution in [0.2, 0.25) is 0 Å². The number of thiophene rings is 1. The second kappa shape index (κ2) is 7.03. The Bertz CT molecular complexity index is 921. The smallest absolute Gasteiger partial charge is 0.220 e. The first-order chi connectivity index (χ1) is 12.7. The Balaban J connectivity index is 1.52. The van der Waals surface area contributed by atoms with Crippen LogP contribution in [-0.4, -0.2) is 44.9 Å². The van der Waals surface area contributed by atoms with E-state index in [2.05, 4.69) is 19.9 Å². The van der Waals surface area contributed by atoms with Crippen LogP contribution in [0, 0.1) is 0 Å². The van der Waals surface area contributed by atoms with Crippen molar-refractivity contribution < 1.29 is 9.21 Å². The summed E-state index contributed by atoms with van der Waals surface area (Å²) in [6, 6.07) is 2.13. The lowest BCUT2D eigenvalue weighted by atomic mass is 10.2. The van der Waals surface area contributed by atoms with Gasteiger partial charge in [0.05, 0.1) is 29.0 Å². The number of anilines is 1. The number of oxazole rings is 1. The van der Waals surface area contributed by atoms with E-state index in [1.54, 1.807) is 30.8 Å². The van der Waals surface area contributed by atoms with E-state index in [4.69, 9.17) is 4.42 Å². The van der Waals surface area contributed by atoms with Gasteiger partial charge in [-0.3, -0.25) is 4.79 Å². The second-order valence-corrected chi connectivity index (χ2v) is 7.36. The third kappa shape index (κ3) is 3.16. The molecular formula is C18H21N5O2S. The Morgan fingerprint density at radius 2 is 2.31 bits per heavy atom. The molecule has 136 valence electrons. The third-order valence-electron chi connectivity index (χ3n) is 4.79. The highest BCUT2D eigenvalue weighted by Crippen LogP contribution is 2.31. The standard InChI is InChI=1S/C18H21N5O2S/c1-3-14-8-19-16(25-14)10-23(12(2)24)13-4-6-22(9-13)18-17-15(5-7-26-17)20-11-21-18/h5,7-8,11,13H,3-4,6,9-10H2,1-2H3. The highest BCUT2D eigenvalue weighted by atomic mass is 32.1. The second-order valence-electron chi connectivity index (χ2n) is 6.44. The van der Waals surface area contributed by atoms with Gasteiger partial charge in [0.2, 0.25) is 11.8 Å². The van der Waals surface area contributed by atoms with Gasteiger partial charge in [-0.05, 0) is 17.9 Å². The highest BCUT2D eigenvalue weighted by Gasteiger charge is 2.31. The molecule has 1 saturated heterocycles. The van der Waals surface area contributed by atoms with E-state index < -0.39 is 0 Å². The Morgan fingerprint density at radius 3 is 3.08 bits per heavy atom. The molecule has 7 nitrogen and oxygen atoms in total. The molecule has 0 N–H and O–H groups in total. The summed E-state index contributed by atoms with van der Waals surface area (Å²) in [5, 5.41) is 2.03. The number of rotatable bonds is 5. The van der Waals surface area contributed by atoms with Crippen molar-refractivity contribution in [2.75, 3.05) is 18.0 Å². The van der Waals surface area contributed by atoms with E-state index in [0.717, 1.165) is 47.7 Å². The number of hydrogen-bond donors (Lipinski definition) is 0. The van der Waals surface area contributed by atoms with Crippen LogP contribution in [0.1, 0.15) is 31.9 Å². The van der Waals surface area contributed by atoms with E-state index in [9.17, 15) is 4.79 Å². The van der Waals surface area contributed by atoms with E-state index in [1.807, 2.05) is 23.3 Å². The first kappa shape index (κ1) is 17.0. The first-order valence-corrected chi connectivity index (χ1v) is 9.67. The first-order valence-electron chi connectivity index (χ1n) is 8.79. The van der Waals surface area contributed by atoms with Gasteiger partial charge >= 0.3 is 0 Å². The van der Waals surface area contributed by atoms with Gasteiger partial charge in [0.25, 0.3) is 0 Å². The maximum Gasteiger partial charge on any atom is 0.220 e. The van der Waals surface area contributed by atoms with Gasteiger partial charge in [0.15, 0.2) is 0 Å². The molecule has 4 heterocycles. The molecule has 0 aromatic carbocycles. The van der Waals surface area contributed by atoms with Crippen molar-refractivity contribution in [1.29, 1.82) is 0 Å². The molecule has 0 spiro atoms. The molecule has 1 unspecified atom stereocenters. The van der Waals surface area contributed by atoms with Crippen LogP contribution in [0.3, 0.4) is 0 Å². The van der Waals surface area contributed by atoms with E-state index in [1.165, 1.54) is 0 Å². The van der Waals surface area contributed by atoms with Crippen LogP contribution < -0.4 is 4.90 Å². The predicted octanol–water partition coefficient (Wildman–Crippen LogP) is 2.87. The largest absolute Gasteiger partial charge is 0.444 e. The molecule has 0 bridgehead atoms. The molecule has 3 aromatic heterocycles. The Hall–Kier alpha value is -2.48. The van der Waals surface area contributed by atoms with Crippen LogP contribution in [0.4, 0.5) is 5.82 Å². The average Bonchev–Trinajstić information content (AvgIpc) is 3.38. The maximum atomic E-state index is 12.2. The van der Waals surface area contributed by atoms with Gasteiger partial charge in [0.1, 0.15) is 17.9 Å². The quantitative estimate of drug-likeness (QED) is 0.686. The van der Waals surface area contributed by atoms with Gasteiger partial charge in [0, 0.05) is 26.4 Å². The fourth-order valence-electron chi connectivity index (χ4n) is 3.42. The van der Waals surface area contributed by atoms with Crippen molar-refractivity contribution in [3.63, 3.8) is 0 Å². The summed E-state index contributed by atoms with van der Waals surface area (Å²) < 4.78 is 6.79. The van der Waals surface area contributed by atoms with Gasteiger partial charge in [-0.25, -0.2) is 15.0 Å². The van der Waals surface area contributed by atoms with Crippen LogP contribution in [-0.2, 0) is 17.8 Å². The summed E-state index contributed by atoms with van der Waals surface area (Å²) in [4.78, 5) is 29.4. The summed E-state index contributed by atoms with van der Waals surface area (Å²) in [7, 11) is 0. The Labute approximate surface area is 155 Å². The zero-order valence-electron chi connectivity index (χ0n) is 14.9. The van der Waals surface area contributed by atoms with E-state index >= 15 is 0 Å².